The third-order valence-corrected chi connectivity index (χ3v) is 6.68. The molecule has 12 heavy (non-hydrogen) atoms. The summed E-state index contributed by atoms with van der Waals surface area (Å²) in [6.45, 7) is 0.205. The molecular weight excluding hydrogens is 207 g/mol. The Kier molecular flexibility index (Phi) is 4.42. The minimum Gasteiger partial charge on any atom is -0.146 e. The van der Waals surface area contributed by atoms with Gasteiger partial charge in [-0.2, -0.15) is 0 Å². The van der Waals surface area contributed by atoms with Gasteiger partial charge in [-0.3, -0.25) is 0 Å². The first-order chi connectivity index (χ1) is 5.61. The largest absolute Gasteiger partial charge is 0.251 e. The molecule has 1 aliphatic rings. The van der Waals surface area contributed by atoms with Crippen molar-refractivity contribution < 1.29 is 0 Å². The summed E-state index contributed by atoms with van der Waals surface area (Å²) in [5, 5.41) is 0. The molecule has 72 valence electrons. The molecule has 0 aromatic heterocycles. The Balaban J connectivity index is 2.40. The lowest BCUT2D eigenvalue weighted by Gasteiger charge is -2.25. The van der Waals surface area contributed by atoms with E-state index in [1.54, 1.807) is 0 Å². The smallest absolute Gasteiger partial charge is 0.146 e. The van der Waals surface area contributed by atoms with Crippen LogP contribution in [0.5, 0.6) is 0 Å². The van der Waals surface area contributed by atoms with Crippen LogP contribution in [0, 0.1) is 0 Å². The zero-order valence-electron chi connectivity index (χ0n) is 7.78. The molecule has 3 heteroatoms. The van der Waals surface area contributed by atoms with Gasteiger partial charge in [0.05, 0.1) is 0 Å². The molecule has 0 aromatic rings. The molecule has 0 nitrogen and oxygen atoms in total. The molecule has 0 amide bonds. The number of hydrogen-bond acceptors (Lipinski definition) is 0. The molecule has 1 saturated carbocycles. The standard InChI is InChI=1S/C9H18Cl2Si/c1-12(10,11)9-7-5-3-2-4-6-8-9/h9H,2-8H2,1H3. The summed E-state index contributed by atoms with van der Waals surface area (Å²) in [4.78, 5) is 0. The van der Waals surface area contributed by atoms with Crippen LogP contribution in [-0.2, 0) is 0 Å². The van der Waals surface area contributed by atoms with Gasteiger partial charge in [0.25, 0.3) is 6.69 Å². The van der Waals surface area contributed by atoms with Crippen molar-refractivity contribution in [3.8, 4) is 0 Å². The monoisotopic (exact) mass is 224 g/mol. The van der Waals surface area contributed by atoms with E-state index >= 15 is 0 Å². The van der Waals surface area contributed by atoms with E-state index in [4.69, 9.17) is 22.2 Å². The van der Waals surface area contributed by atoms with Gasteiger partial charge in [0.15, 0.2) is 0 Å². The highest BCUT2D eigenvalue weighted by atomic mass is 35.7. The quantitative estimate of drug-likeness (QED) is 0.450. The fraction of sp³-hybridized carbons (Fsp3) is 1.00. The van der Waals surface area contributed by atoms with E-state index in [0.29, 0.717) is 5.54 Å². The van der Waals surface area contributed by atoms with Gasteiger partial charge in [0, 0.05) is 0 Å². The van der Waals surface area contributed by atoms with Crippen molar-refractivity contribution in [3.05, 3.63) is 0 Å². The molecule has 0 unspecified atom stereocenters. The molecule has 1 rings (SSSR count). The van der Waals surface area contributed by atoms with Crippen LogP contribution in [0.1, 0.15) is 44.9 Å². The molecule has 0 atom stereocenters. The third-order valence-electron chi connectivity index (χ3n) is 2.82. The SMILES string of the molecule is C[Si](Cl)(Cl)C1CCCCCCC1. The van der Waals surface area contributed by atoms with Crippen molar-refractivity contribution in [2.75, 3.05) is 0 Å². The van der Waals surface area contributed by atoms with E-state index < -0.39 is 6.69 Å². The topological polar surface area (TPSA) is 0 Å². The Morgan fingerprint density at radius 3 is 1.75 bits per heavy atom. The first kappa shape index (κ1) is 10.9. The average molecular weight is 225 g/mol. The fourth-order valence-corrected chi connectivity index (χ4v) is 4.69. The maximum absolute atomic E-state index is 6.24. The van der Waals surface area contributed by atoms with E-state index in [1.807, 2.05) is 0 Å². The highest BCUT2D eigenvalue weighted by molar-refractivity contribution is 7.45. The van der Waals surface area contributed by atoms with Crippen molar-refractivity contribution >= 4 is 28.9 Å². The molecule has 0 aromatic carbocycles. The molecular formula is C9H18Cl2Si. The Labute approximate surface area is 86.1 Å². The molecule has 0 spiro atoms. The summed E-state index contributed by atoms with van der Waals surface area (Å²) in [6, 6.07) is 0. The first-order valence-corrected chi connectivity index (χ1v) is 9.58. The summed E-state index contributed by atoms with van der Waals surface area (Å²) in [7, 11) is 0. The van der Waals surface area contributed by atoms with Crippen LogP contribution in [0.25, 0.3) is 0 Å². The normalized spacial score (nSPS) is 23.2. The van der Waals surface area contributed by atoms with E-state index in [2.05, 4.69) is 6.55 Å². The lowest BCUT2D eigenvalue weighted by Crippen LogP contribution is -2.23. The molecule has 0 bridgehead atoms. The van der Waals surface area contributed by atoms with Crippen molar-refractivity contribution in [1.29, 1.82) is 0 Å². The molecule has 1 fully saturated rings. The van der Waals surface area contributed by atoms with E-state index in [9.17, 15) is 0 Å². The van der Waals surface area contributed by atoms with E-state index in [1.165, 1.54) is 44.9 Å². The molecule has 0 N–H and O–H groups in total. The van der Waals surface area contributed by atoms with Crippen molar-refractivity contribution in [1.82, 2.24) is 0 Å². The van der Waals surface area contributed by atoms with Gasteiger partial charge >= 0.3 is 0 Å². The Morgan fingerprint density at radius 1 is 0.917 bits per heavy atom. The van der Waals surface area contributed by atoms with Crippen LogP contribution < -0.4 is 0 Å². The van der Waals surface area contributed by atoms with Gasteiger partial charge in [0.2, 0.25) is 0 Å². The van der Waals surface area contributed by atoms with Gasteiger partial charge < -0.3 is 0 Å². The Morgan fingerprint density at radius 2 is 1.33 bits per heavy atom. The lowest BCUT2D eigenvalue weighted by molar-refractivity contribution is 0.499. The maximum Gasteiger partial charge on any atom is 0.251 e. The van der Waals surface area contributed by atoms with Gasteiger partial charge in [-0.25, -0.2) is 0 Å². The van der Waals surface area contributed by atoms with Gasteiger partial charge in [-0.1, -0.05) is 44.9 Å². The Hall–Kier alpha value is 0.797. The summed E-state index contributed by atoms with van der Waals surface area (Å²) in [5.41, 5.74) is 0.654. The Bertz CT molecular complexity index is 123. The summed E-state index contributed by atoms with van der Waals surface area (Å²) >= 11 is 12.5. The third kappa shape index (κ3) is 3.67. The molecule has 0 aliphatic heterocycles. The zero-order valence-corrected chi connectivity index (χ0v) is 10.3. The highest BCUT2D eigenvalue weighted by Crippen LogP contribution is 2.39. The predicted octanol–water partition coefficient (Wildman–Crippen LogP) is 4.65. The second kappa shape index (κ2) is 4.87. The van der Waals surface area contributed by atoms with Crippen molar-refractivity contribution in [2.24, 2.45) is 0 Å². The predicted molar refractivity (Wildman–Crippen MR) is 59.4 cm³/mol. The van der Waals surface area contributed by atoms with Crippen LogP contribution in [0.4, 0.5) is 0 Å². The minimum atomic E-state index is -1.87. The van der Waals surface area contributed by atoms with Crippen LogP contribution in [-0.4, -0.2) is 6.69 Å². The van der Waals surface area contributed by atoms with Crippen molar-refractivity contribution in [2.45, 2.75) is 57.0 Å². The summed E-state index contributed by atoms with van der Waals surface area (Å²) < 4.78 is 0. The van der Waals surface area contributed by atoms with Crippen molar-refractivity contribution in [3.63, 3.8) is 0 Å². The van der Waals surface area contributed by atoms with Crippen LogP contribution in [0.15, 0.2) is 0 Å². The molecule has 0 radical (unpaired) electrons. The summed E-state index contributed by atoms with van der Waals surface area (Å²) in [5.74, 6) is 0. The first-order valence-electron chi connectivity index (χ1n) is 4.98. The number of halogens is 2. The lowest BCUT2D eigenvalue weighted by atomic mass is 10.0. The zero-order chi connectivity index (χ0) is 9.03. The number of hydrogen-bond donors (Lipinski definition) is 0. The number of rotatable bonds is 1. The van der Waals surface area contributed by atoms with Gasteiger partial charge in [0.1, 0.15) is 0 Å². The summed E-state index contributed by atoms with van der Waals surface area (Å²) in [6.07, 6.45) is 9.41. The van der Waals surface area contributed by atoms with Crippen LogP contribution >= 0.6 is 22.2 Å². The second-order valence-corrected chi connectivity index (χ2v) is 12.0. The van der Waals surface area contributed by atoms with E-state index in [-0.39, 0.29) is 0 Å². The molecule has 1 aliphatic carbocycles. The fourth-order valence-electron chi connectivity index (χ4n) is 1.96. The van der Waals surface area contributed by atoms with Gasteiger partial charge in [-0.05, 0) is 12.1 Å². The minimum absolute atomic E-state index is 0.654. The van der Waals surface area contributed by atoms with Crippen LogP contribution in [0.3, 0.4) is 0 Å². The second-order valence-electron chi connectivity index (χ2n) is 4.00. The maximum atomic E-state index is 6.24. The molecule has 0 saturated heterocycles. The van der Waals surface area contributed by atoms with Gasteiger partial charge in [-0.15, -0.1) is 22.2 Å². The average Bonchev–Trinajstić information content (AvgIpc) is 1.81. The van der Waals surface area contributed by atoms with E-state index in [0.717, 1.165) is 0 Å². The highest BCUT2D eigenvalue weighted by Gasteiger charge is 2.32. The van der Waals surface area contributed by atoms with Crippen LogP contribution in [0.2, 0.25) is 12.1 Å². The molecule has 0 heterocycles.